The first-order valence-electron chi connectivity index (χ1n) is 4.37. The van der Waals surface area contributed by atoms with Crippen LogP contribution >= 0.6 is 0 Å². The fourth-order valence-corrected chi connectivity index (χ4v) is 0.810. The molecule has 7 nitrogen and oxygen atoms in total. The van der Waals surface area contributed by atoms with Gasteiger partial charge in [-0.2, -0.15) is 4.79 Å². The highest BCUT2D eigenvalue weighted by atomic mass is 16.6. The van der Waals surface area contributed by atoms with Crippen molar-refractivity contribution in [2.24, 2.45) is 0 Å². The number of esters is 1. The third-order valence-corrected chi connectivity index (χ3v) is 1.29. The number of nitrogens with zero attached hydrogens (tertiary/aromatic N) is 2. The summed E-state index contributed by atoms with van der Waals surface area (Å²) in [5.74, 6) is -3.68. The van der Waals surface area contributed by atoms with Crippen LogP contribution in [0.15, 0.2) is 0 Å². The van der Waals surface area contributed by atoms with Gasteiger partial charge in [-0.3, -0.25) is 9.59 Å². The number of hydrogen-bond donors (Lipinski definition) is 1. The number of carboxylic acids is 1. The molecule has 88 valence electrons. The van der Waals surface area contributed by atoms with Crippen LogP contribution in [0.4, 0.5) is 0 Å². The lowest BCUT2D eigenvalue weighted by Gasteiger charge is -2.18. The van der Waals surface area contributed by atoms with Gasteiger partial charge in [0.05, 0.1) is 0 Å². The molecule has 0 radical (unpaired) electrons. The third-order valence-electron chi connectivity index (χ3n) is 1.29. The van der Waals surface area contributed by atoms with Gasteiger partial charge in [0.1, 0.15) is 12.0 Å². The zero-order valence-electron chi connectivity index (χ0n) is 9.18. The number of hydrogen-bond acceptors (Lipinski definition) is 4. The van der Waals surface area contributed by atoms with Gasteiger partial charge in [0.25, 0.3) is 5.78 Å². The van der Waals surface area contributed by atoms with E-state index in [0.29, 0.717) is 0 Å². The summed E-state index contributed by atoms with van der Waals surface area (Å²) in [4.78, 5) is 35.0. The quantitative estimate of drug-likeness (QED) is 0.240. The van der Waals surface area contributed by atoms with E-state index in [1.54, 1.807) is 20.8 Å². The lowest BCUT2D eigenvalue weighted by molar-refractivity contribution is -0.156. The molecular weight excluding hydrogens is 216 g/mol. The summed E-state index contributed by atoms with van der Waals surface area (Å²) in [6.45, 7) is 4.81. The van der Waals surface area contributed by atoms with Crippen molar-refractivity contribution in [1.82, 2.24) is 0 Å². The maximum atomic E-state index is 11.1. The normalized spacial score (nSPS) is 10.2. The predicted molar refractivity (Wildman–Crippen MR) is 51.7 cm³/mol. The van der Waals surface area contributed by atoms with Crippen molar-refractivity contribution < 1.29 is 29.0 Å². The average molecular weight is 228 g/mol. The largest absolute Gasteiger partial charge is 0.472 e. The highest BCUT2D eigenvalue weighted by molar-refractivity contribution is 6.62. The second-order valence-corrected chi connectivity index (χ2v) is 3.94. The molecule has 7 heteroatoms. The molecule has 0 unspecified atom stereocenters. The molecule has 0 atom stereocenters. The van der Waals surface area contributed by atoms with E-state index in [4.69, 9.17) is 15.4 Å². The molecule has 0 aromatic heterocycles. The molecule has 0 spiro atoms. The summed E-state index contributed by atoms with van der Waals surface area (Å²) in [5.41, 5.74) is 6.39. The van der Waals surface area contributed by atoms with Crippen LogP contribution in [-0.4, -0.2) is 38.9 Å². The number of carbonyl (C=O) groups excluding carboxylic acids is 2. The van der Waals surface area contributed by atoms with Gasteiger partial charge >= 0.3 is 17.7 Å². The Kier molecular flexibility index (Phi) is 4.53. The van der Waals surface area contributed by atoms with Crippen molar-refractivity contribution in [3.8, 4) is 0 Å². The predicted octanol–water partition coefficient (Wildman–Crippen LogP) is 0.0427. The first kappa shape index (κ1) is 14.0. The second-order valence-electron chi connectivity index (χ2n) is 3.94. The number of carboxylic acid groups (broad SMARTS) is 1. The van der Waals surface area contributed by atoms with Gasteiger partial charge in [-0.1, -0.05) is 0 Å². The smallest absolute Gasteiger partial charge is 0.441 e. The molecule has 0 aromatic carbocycles. The molecule has 16 heavy (non-hydrogen) atoms. The molecule has 0 rings (SSSR count). The molecule has 1 N–H and O–H groups in total. The van der Waals surface area contributed by atoms with Crippen molar-refractivity contribution >= 4 is 23.4 Å². The number of carbonyl (C=O) groups is 3. The van der Waals surface area contributed by atoms with E-state index in [9.17, 15) is 14.4 Å². The van der Waals surface area contributed by atoms with Crippen molar-refractivity contribution in [3.05, 3.63) is 5.53 Å². The highest BCUT2D eigenvalue weighted by Gasteiger charge is 2.32. The van der Waals surface area contributed by atoms with Crippen LogP contribution in [0.5, 0.6) is 0 Å². The fraction of sp³-hybridized carbons (Fsp3) is 0.556. The van der Waals surface area contributed by atoms with Gasteiger partial charge in [0, 0.05) is 0 Å². The SMILES string of the molecule is CC(C)(C)OC(=O)CC(=O)C(=[N+]=[N-])C(=O)O. The van der Waals surface area contributed by atoms with Crippen LogP contribution in [0.1, 0.15) is 27.2 Å². The van der Waals surface area contributed by atoms with Crippen molar-refractivity contribution in [1.29, 1.82) is 0 Å². The summed E-state index contributed by atoms with van der Waals surface area (Å²) in [6, 6.07) is 0. The Hall–Kier alpha value is -2.01. The van der Waals surface area contributed by atoms with Crippen molar-refractivity contribution in [3.63, 3.8) is 0 Å². The summed E-state index contributed by atoms with van der Waals surface area (Å²) in [5, 5.41) is 8.43. The van der Waals surface area contributed by atoms with Gasteiger partial charge in [0.2, 0.25) is 0 Å². The maximum absolute atomic E-state index is 11.1. The summed E-state index contributed by atoms with van der Waals surface area (Å²) < 4.78 is 4.79. The van der Waals surface area contributed by atoms with Crippen LogP contribution in [0.25, 0.3) is 5.53 Å². The molecule has 0 aliphatic rings. The van der Waals surface area contributed by atoms with Gasteiger partial charge in [0.15, 0.2) is 0 Å². The first-order chi connectivity index (χ1) is 7.17. The molecule has 0 bridgehead atoms. The van der Waals surface area contributed by atoms with E-state index < -0.39 is 35.5 Å². The number of aliphatic carboxylic acids is 1. The van der Waals surface area contributed by atoms with Gasteiger partial charge in [-0.25, -0.2) is 4.79 Å². The fourth-order valence-electron chi connectivity index (χ4n) is 0.810. The minimum Gasteiger partial charge on any atom is -0.472 e. The molecule has 0 aliphatic carbocycles. The van der Waals surface area contributed by atoms with E-state index in [-0.39, 0.29) is 0 Å². The van der Waals surface area contributed by atoms with Crippen LogP contribution < -0.4 is 0 Å². The molecule has 0 heterocycles. The molecule has 0 amide bonds. The van der Waals surface area contributed by atoms with E-state index in [0.717, 1.165) is 0 Å². The lowest BCUT2D eigenvalue weighted by Crippen LogP contribution is -2.30. The number of Topliss-reactive ketones (excluding diaryl/α,β-unsaturated/α-hetero) is 1. The molecule has 0 aliphatic heterocycles. The number of ketones is 1. The van der Waals surface area contributed by atoms with Crippen LogP contribution in [0, 0.1) is 0 Å². The molecule has 0 saturated carbocycles. The summed E-state index contributed by atoms with van der Waals surface area (Å²) >= 11 is 0. The monoisotopic (exact) mass is 228 g/mol. The molecule has 0 fully saturated rings. The van der Waals surface area contributed by atoms with E-state index in [1.165, 1.54) is 0 Å². The zero-order chi connectivity index (χ0) is 12.9. The Bertz CT molecular complexity index is 374. The summed E-state index contributed by atoms with van der Waals surface area (Å²) in [7, 11) is 0. The van der Waals surface area contributed by atoms with Crippen molar-refractivity contribution in [2.75, 3.05) is 0 Å². The third kappa shape index (κ3) is 5.02. The Morgan fingerprint density at radius 3 is 2.12 bits per heavy atom. The Morgan fingerprint density at radius 1 is 1.31 bits per heavy atom. The van der Waals surface area contributed by atoms with Crippen LogP contribution in [-0.2, 0) is 19.1 Å². The minimum absolute atomic E-state index is 0.767. The first-order valence-corrected chi connectivity index (χ1v) is 4.37. The van der Waals surface area contributed by atoms with Gasteiger partial charge < -0.3 is 15.4 Å². The van der Waals surface area contributed by atoms with E-state index in [1.807, 2.05) is 0 Å². The Labute approximate surface area is 91.6 Å². The van der Waals surface area contributed by atoms with E-state index in [2.05, 4.69) is 4.79 Å². The Morgan fingerprint density at radius 2 is 1.81 bits per heavy atom. The van der Waals surface area contributed by atoms with E-state index >= 15 is 0 Å². The zero-order valence-corrected chi connectivity index (χ0v) is 9.18. The number of rotatable bonds is 4. The maximum Gasteiger partial charge on any atom is 0.441 e. The molecular formula is C9H12N2O5. The summed E-state index contributed by atoms with van der Waals surface area (Å²) in [6.07, 6.45) is -0.775. The van der Waals surface area contributed by atoms with Crippen molar-refractivity contribution in [2.45, 2.75) is 32.8 Å². The second kappa shape index (κ2) is 5.18. The van der Waals surface area contributed by atoms with Gasteiger partial charge in [-0.05, 0) is 20.8 Å². The lowest BCUT2D eigenvalue weighted by atomic mass is 10.1. The average Bonchev–Trinajstić information content (AvgIpc) is 1.99. The minimum atomic E-state index is -1.70. The van der Waals surface area contributed by atoms with Gasteiger partial charge in [-0.15, -0.1) is 0 Å². The standard InChI is InChI=1S/C9H12N2O5/c1-9(2,3)16-6(13)4-5(12)7(11-10)8(14)15/h4H2,1-3H3,(H,14,15). The topological polar surface area (TPSA) is 117 Å². The van der Waals surface area contributed by atoms with Crippen LogP contribution in [0.2, 0.25) is 0 Å². The van der Waals surface area contributed by atoms with Crippen LogP contribution in [0.3, 0.4) is 0 Å². The highest BCUT2D eigenvalue weighted by Crippen LogP contribution is 2.08. The molecule has 0 saturated heterocycles. The Balaban J connectivity index is 4.53. The molecule has 0 aromatic rings. The number of ether oxygens (including phenoxy) is 1.